The third-order valence-electron chi connectivity index (χ3n) is 4.54. The van der Waals surface area contributed by atoms with Gasteiger partial charge in [0.25, 0.3) is 5.91 Å². The third-order valence-corrected chi connectivity index (χ3v) is 4.77. The molecule has 0 unspecified atom stereocenters. The predicted octanol–water partition coefficient (Wildman–Crippen LogP) is 3.23. The van der Waals surface area contributed by atoms with Gasteiger partial charge < -0.3 is 19.1 Å². The molecule has 3 rings (SSSR count). The van der Waals surface area contributed by atoms with Crippen LogP contribution in [0.15, 0.2) is 30.3 Å². The van der Waals surface area contributed by atoms with Crippen molar-refractivity contribution in [3.63, 3.8) is 0 Å². The van der Waals surface area contributed by atoms with E-state index in [9.17, 15) is 14.9 Å². The first kappa shape index (κ1) is 19.8. The molecule has 1 amide bonds. The zero-order valence-corrected chi connectivity index (χ0v) is 16.2. The Kier molecular flexibility index (Phi) is 5.89. The first-order chi connectivity index (χ1) is 13.4. The Morgan fingerprint density at radius 1 is 1.14 bits per heavy atom. The second-order valence-electron chi connectivity index (χ2n) is 6.20. The van der Waals surface area contributed by atoms with Gasteiger partial charge in [-0.05, 0) is 41.8 Å². The van der Waals surface area contributed by atoms with Crippen LogP contribution in [-0.4, -0.2) is 43.1 Å². The van der Waals surface area contributed by atoms with Gasteiger partial charge in [0, 0.05) is 24.2 Å². The molecule has 0 saturated heterocycles. The molecule has 28 heavy (non-hydrogen) atoms. The number of methoxy groups -OCH3 is 2. The molecule has 0 bridgehead atoms. The number of carbonyl (C=O) groups is 1. The zero-order chi connectivity index (χ0) is 20.3. The highest BCUT2D eigenvalue weighted by atomic mass is 35.5. The number of hydrogen-bond donors (Lipinski definition) is 0. The van der Waals surface area contributed by atoms with E-state index < -0.39 is 4.92 Å². The largest absolute Gasteiger partial charge is 0.493 e. The molecule has 1 aliphatic rings. The second kappa shape index (κ2) is 8.35. The Hall–Kier alpha value is -3.00. The fraction of sp³-hybridized carbons (Fsp3) is 0.316. The molecular formula is C19H19ClN2O6. The highest BCUT2D eigenvalue weighted by molar-refractivity contribution is 6.30. The van der Waals surface area contributed by atoms with E-state index in [0.717, 1.165) is 11.1 Å². The zero-order valence-electron chi connectivity index (χ0n) is 15.4. The number of benzene rings is 2. The van der Waals surface area contributed by atoms with Gasteiger partial charge >= 0.3 is 5.69 Å². The third kappa shape index (κ3) is 4.12. The normalized spacial score (nSPS) is 12.9. The summed E-state index contributed by atoms with van der Waals surface area (Å²) in [6, 6.07) is 7.84. The maximum absolute atomic E-state index is 12.6. The molecule has 2 aromatic rings. The summed E-state index contributed by atoms with van der Waals surface area (Å²) >= 11 is 5.79. The highest BCUT2D eigenvalue weighted by Crippen LogP contribution is 2.33. The molecular weight excluding hydrogens is 388 g/mol. The van der Waals surface area contributed by atoms with E-state index in [1.165, 1.54) is 18.2 Å². The lowest BCUT2D eigenvalue weighted by Gasteiger charge is -2.29. The minimum Gasteiger partial charge on any atom is -0.493 e. The first-order valence-electron chi connectivity index (χ1n) is 8.51. The summed E-state index contributed by atoms with van der Waals surface area (Å²) in [6.45, 7) is 0.624. The van der Waals surface area contributed by atoms with Gasteiger partial charge in [-0.3, -0.25) is 14.9 Å². The van der Waals surface area contributed by atoms with Crippen molar-refractivity contribution in [2.45, 2.75) is 13.0 Å². The van der Waals surface area contributed by atoms with E-state index in [-0.39, 0.29) is 29.0 Å². The van der Waals surface area contributed by atoms with Crippen LogP contribution in [0.25, 0.3) is 0 Å². The quantitative estimate of drug-likeness (QED) is 0.540. The molecule has 0 fully saturated rings. The predicted molar refractivity (Wildman–Crippen MR) is 102 cm³/mol. The van der Waals surface area contributed by atoms with Gasteiger partial charge in [-0.2, -0.15) is 0 Å². The number of nitro groups is 1. The lowest BCUT2D eigenvalue weighted by Crippen LogP contribution is -2.38. The van der Waals surface area contributed by atoms with E-state index in [4.69, 9.17) is 25.8 Å². The minimum absolute atomic E-state index is 0.00608. The Balaban J connectivity index is 1.69. The van der Waals surface area contributed by atoms with Crippen molar-refractivity contribution in [1.29, 1.82) is 0 Å². The van der Waals surface area contributed by atoms with Crippen molar-refractivity contribution in [3.05, 3.63) is 56.6 Å². The maximum atomic E-state index is 12.6. The van der Waals surface area contributed by atoms with Crippen molar-refractivity contribution in [2.75, 3.05) is 27.4 Å². The standard InChI is InChI=1S/C19H19ClN2O6/c1-26-17-7-12-5-6-21(10-13(12)8-18(17)27-2)19(23)11-28-16-4-3-14(20)9-15(16)22(24)25/h3-4,7-9H,5-6,10-11H2,1-2H3. The number of amides is 1. The molecule has 0 spiro atoms. The van der Waals surface area contributed by atoms with Gasteiger partial charge in [-0.25, -0.2) is 0 Å². The van der Waals surface area contributed by atoms with Crippen LogP contribution in [0.5, 0.6) is 17.2 Å². The van der Waals surface area contributed by atoms with E-state index in [2.05, 4.69) is 0 Å². The van der Waals surface area contributed by atoms with Crippen LogP contribution in [0.1, 0.15) is 11.1 Å². The van der Waals surface area contributed by atoms with E-state index >= 15 is 0 Å². The molecule has 8 nitrogen and oxygen atoms in total. The Morgan fingerprint density at radius 2 is 1.82 bits per heavy atom. The number of nitrogens with zero attached hydrogens (tertiary/aromatic N) is 2. The number of ether oxygens (including phenoxy) is 3. The van der Waals surface area contributed by atoms with Gasteiger partial charge in [0.1, 0.15) is 0 Å². The van der Waals surface area contributed by atoms with Crippen LogP contribution >= 0.6 is 11.6 Å². The van der Waals surface area contributed by atoms with E-state index in [0.29, 0.717) is 31.0 Å². The molecule has 0 atom stereocenters. The molecule has 0 aliphatic carbocycles. The summed E-state index contributed by atoms with van der Waals surface area (Å²) < 4.78 is 16.0. The fourth-order valence-corrected chi connectivity index (χ4v) is 3.25. The van der Waals surface area contributed by atoms with Crippen molar-refractivity contribution < 1.29 is 23.9 Å². The molecule has 2 aromatic carbocycles. The summed E-state index contributed by atoms with van der Waals surface area (Å²) in [5.74, 6) is 0.999. The first-order valence-corrected chi connectivity index (χ1v) is 8.89. The molecule has 148 valence electrons. The van der Waals surface area contributed by atoms with Crippen LogP contribution in [0, 0.1) is 10.1 Å². The summed E-state index contributed by atoms with van der Waals surface area (Å²) in [5, 5.41) is 11.3. The number of nitro benzene ring substituents is 1. The topological polar surface area (TPSA) is 91.1 Å². The monoisotopic (exact) mass is 406 g/mol. The van der Waals surface area contributed by atoms with Crippen molar-refractivity contribution in [2.24, 2.45) is 0 Å². The van der Waals surface area contributed by atoms with Crippen LogP contribution in [0.2, 0.25) is 5.02 Å². The van der Waals surface area contributed by atoms with Crippen molar-refractivity contribution >= 4 is 23.2 Å². The van der Waals surface area contributed by atoms with Gasteiger partial charge in [0.2, 0.25) is 0 Å². The van der Waals surface area contributed by atoms with Gasteiger partial charge in [-0.15, -0.1) is 0 Å². The molecule has 9 heteroatoms. The SMILES string of the molecule is COc1cc2c(cc1OC)CN(C(=O)COc1ccc(Cl)cc1[N+](=O)[O-])CC2. The smallest absolute Gasteiger partial charge is 0.312 e. The van der Waals surface area contributed by atoms with Crippen LogP contribution in [0.4, 0.5) is 5.69 Å². The molecule has 0 radical (unpaired) electrons. The molecule has 0 N–H and O–H groups in total. The Labute approximate surface area is 166 Å². The van der Waals surface area contributed by atoms with Gasteiger partial charge in [0.05, 0.1) is 19.1 Å². The molecule has 0 aromatic heterocycles. The summed E-state index contributed by atoms with van der Waals surface area (Å²) in [5.41, 5.74) is 1.78. The van der Waals surface area contributed by atoms with E-state index in [1.807, 2.05) is 12.1 Å². The lowest BCUT2D eigenvalue weighted by molar-refractivity contribution is -0.385. The highest BCUT2D eigenvalue weighted by Gasteiger charge is 2.24. The lowest BCUT2D eigenvalue weighted by atomic mass is 9.99. The van der Waals surface area contributed by atoms with Crippen molar-refractivity contribution in [3.8, 4) is 17.2 Å². The summed E-state index contributed by atoms with van der Waals surface area (Å²) in [7, 11) is 3.14. The molecule has 1 heterocycles. The van der Waals surface area contributed by atoms with Crippen molar-refractivity contribution in [1.82, 2.24) is 4.90 Å². The average Bonchev–Trinajstić information content (AvgIpc) is 2.70. The van der Waals surface area contributed by atoms with Crippen LogP contribution in [0.3, 0.4) is 0 Å². The second-order valence-corrected chi connectivity index (χ2v) is 6.64. The Morgan fingerprint density at radius 3 is 2.46 bits per heavy atom. The number of halogens is 1. The number of rotatable bonds is 6. The molecule has 0 saturated carbocycles. The maximum Gasteiger partial charge on any atom is 0.312 e. The number of carbonyl (C=O) groups excluding carboxylic acids is 1. The van der Waals surface area contributed by atoms with Crippen LogP contribution < -0.4 is 14.2 Å². The fourth-order valence-electron chi connectivity index (χ4n) is 3.08. The van der Waals surface area contributed by atoms with E-state index in [1.54, 1.807) is 19.1 Å². The van der Waals surface area contributed by atoms with Gasteiger partial charge in [0.15, 0.2) is 23.9 Å². The average molecular weight is 407 g/mol. The van der Waals surface area contributed by atoms with Gasteiger partial charge in [-0.1, -0.05) is 11.6 Å². The summed E-state index contributed by atoms with van der Waals surface area (Å²) in [6.07, 6.45) is 0.669. The van der Waals surface area contributed by atoms with Crippen LogP contribution in [-0.2, 0) is 17.8 Å². The number of hydrogen-bond acceptors (Lipinski definition) is 6. The minimum atomic E-state index is -0.595. The Bertz CT molecular complexity index is 918. The number of fused-ring (bicyclic) bond motifs is 1. The summed E-state index contributed by atoms with van der Waals surface area (Å²) in [4.78, 5) is 24.7. The molecule has 1 aliphatic heterocycles.